The molecule has 0 spiro atoms. The topological polar surface area (TPSA) is 26.0 Å². The third-order valence-electron chi connectivity index (χ3n) is 3.61. The van der Waals surface area contributed by atoms with Crippen molar-refractivity contribution in [3.05, 3.63) is 66.2 Å². The van der Waals surface area contributed by atoms with Crippen molar-refractivity contribution < 1.29 is 4.42 Å². The van der Waals surface area contributed by atoms with E-state index in [0.29, 0.717) is 5.89 Å². The van der Waals surface area contributed by atoms with Crippen molar-refractivity contribution in [3.8, 4) is 11.5 Å². The maximum Gasteiger partial charge on any atom is 0.227 e. The Bertz CT molecular complexity index is 921. The molecule has 1 heterocycles. The number of aromatic nitrogens is 1. The lowest BCUT2D eigenvalue weighted by atomic mass is 10.1. The number of aryl methyl sites for hydroxylation is 1. The Morgan fingerprint density at radius 3 is 2.55 bits per heavy atom. The van der Waals surface area contributed by atoms with Crippen molar-refractivity contribution in [2.45, 2.75) is 6.92 Å². The summed E-state index contributed by atoms with van der Waals surface area (Å²) in [6.07, 6.45) is 0. The molecule has 0 saturated heterocycles. The van der Waals surface area contributed by atoms with Gasteiger partial charge in [0.2, 0.25) is 5.89 Å². The highest BCUT2D eigenvalue weighted by molar-refractivity contribution is 5.87. The number of oxazole rings is 1. The largest absolute Gasteiger partial charge is 0.436 e. The van der Waals surface area contributed by atoms with Gasteiger partial charge < -0.3 is 4.42 Å². The average Bonchev–Trinajstić information content (AvgIpc) is 2.92. The van der Waals surface area contributed by atoms with E-state index in [4.69, 9.17) is 4.42 Å². The lowest BCUT2D eigenvalue weighted by Crippen LogP contribution is -1.78. The summed E-state index contributed by atoms with van der Waals surface area (Å²) in [7, 11) is 0. The predicted molar refractivity (Wildman–Crippen MR) is 81.7 cm³/mol. The Balaban J connectivity index is 1.94. The third kappa shape index (κ3) is 1.69. The second-order valence-electron chi connectivity index (χ2n) is 5.00. The van der Waals surface area contributed by atoms with Crippen LogP contribution in [0.15, 0.2) is 65.1 Å². The van der Waals surface area contributed by atoms with E-state index in [1.165, 1.54) is 10.8 Å². The van der Waals surface area contributed by atoms with Crippen LogP contribution >= 0.6 is 0 Å². The summed E-state index contributed by atoms with van der Waals surface area (Å²) in [5.74, 6) is 0.681. The Morgan fingerprint density at radius 1 is 0.850 bits per heavy atom. The van der Waals surface area contributed by atoms with Gasteiger partial charge >= 0.3 is 0 Å². The van der Waals surface area contributed by atoms with E-state index in [-0.39, 0.29) is 0 Å². The van der Waals surface area contributed by atoms with Crippen molar-refractivity contribution in [2.24, 2.45) is 0 Å². The van der Waals surface area contributed by atoms with Crippen LogP contribution in [0.3, 0.4) is 0 Å². The van der Waals surface area contributed by atoms with Crippen LogP contribution in [0, 0.1) is 6.92 Å². The molecule has 0 saturated carbocycles. The molecule has 0 atom stereocenters. The highest BCUT2D eigenvalue weighted by Crippen LogP contribution is 2.28. The van der Waals surface area contributed by atoms with Gasteiger partial charge in [0, 0.05) is 5.56 Å². The standard InChI is InChI=1S/C18H13NO/c1-12-5-4-8-16-17(12)20-18(19-16)15-10-9-13-6-2-3-7-14(13)11-15/h2-11H,1H3. The fourth-order valence-electron chi connectivity index (χ4n) is 2.53. The quantitative estimate of drug-likeness (QED) is 0.483. The van der Waals surface area contributed by atoms with Crippen molar-refractivity contribution in [1.29, 1.82) is 0 Å². The molecule has 3 aromatic carbocycles. The zero-order valence-corrected chi connectivity index (χ0v) is 11.1. The molecule has 0 fully saturated rings. The van der Waals surface area contributed by atoms with Crippen LogP contribution in [0.2, 0.25) is 0 Å². The highest BCUT2D eigenvalue weighted by atomic mass is 16.3. The second-order valence-corrected chi connectivity index (χ2v) is 5.00. The summed E-state index contributed by atoms with van der Waals surface area (Å²) in [6.45, 7) is 2.04. The monoisotopic (exact) mass is 259 g/mol. The molecular formula is C18H13NO. The number of hydrogen-bond donors (Lipinski definition) is 0. The molecule has 2 nitrogen and oxygen atoms in total. The van der Waals surface area contributed by atoms with Crippen molar-refractivity contribution in [2.75, 3.05) is 0 Å². The molecule has 0 aliphatic rings. The Labute approximate surface area is 116 Å². The zero-order chi connectivity index (χ0) is 13.5. The number of nitrogens with zero attached hydrogens (tertiary/aromatic N) is 1. The molecule has 20 heavy (non-hydrogen) atoms. The van der Waals surface area contributed by atoms with Crippen molar-refractivity contribution in [1.82, 2.24) is 4.98 Å². The van der Waals surface area contributed by atoms with Crippen LogP contribution in [0.4, 0.5) is 0 Å². The van der Waals surface area contributed by atoms with Crippen molar-refractivity contribution >= 4 is 21.9 Å². The first-order valence-electron chi connectivity index (χ1n) is 6.66. The van der Waals surface area contributed by atoms with Gasteiger partial charge in [-0.2, -0.15) is 0 Å². The van der Waals surface area contributed by atoms with Crippen LogP contribution < -0.4 is 0 Å². The average molecular weight is 259 g/mol. The highest BCUT2D eigenvalue weighted by Gasteiger charge is 2.09. The Morgan fingerprint density at radius 2 is 1.70 bits per heavy atom. The third-order valence-corrected chi connectivity index (χ3v) is 3.61. The summed E-state index contributed by atoms with van der Waals surface area (Å²) < 4.78 is 5.92. The number of rotatable bonds is 1. The van der Waals surface area contributed by atoms with Gasteiger partial charge in [0.1, 0.15) is 5.52 Å². The fourth-order valence-corrected chi connectivity index (χ4v) is 2.53. The van der Waals surface area contributed by atoms with E-state index in [1.807, 2.05) is 37.3 Å². The Hall–Kier alpha value is -2.61. The SMILES string of the molecule is Cc1cccc2nc(-c3ccc4ccccc4c3)oc12. The van der Waals surface area contributed by atoms with Gasteiger partial charge in [-0.3, -0.25) is 0 Å². The molecule has 0 N–H and O–H groups in total. The summed E-state index contributed by atoms with van der Waals surface area (Å²) >= 11 is 0. The number of fused-ring (bicyclic) bond motifs is 2. The minimum Gasteiger partial charge on any atom is -0.436 e. The molecule has 0 aliphatic heterocycles. The van der Waals surface area contributed by atoms with Crippen molar-refractivity contribution in [3.63, 3.8) is 0 Å². The summed E-state index contributed by atoms with van der Waals surface area (Å²) in [4.78, 5) is 4.58. The number of benzene rings is 3. The smallest absolute Gasteiger partial charge is 0.227 e. The zero-order valence-electron chi connectivity index (χ0n) is 11.1. The molecule has 0 unspecified atom stereocenters. The Kier molecular flexibility index (Phi) is 2.36. The first-order chi connectivity index (χ1) is 9.81. The minimum absolute atomic E-state index is 0.681. The van der Waals surface area contributed by atoms with Crippen LogP contribution in [0.1, 0.15) is 5.56 Å². The predicted octanol–water partition coefficient (Wildman–Crippen LogP) is 4.96. The van der Waals surface area contributed by atoms with Gasteiger partial charge in [-0.05, 0) is 41.5 Å². The molecule has 2 heteroatoms. The molecule has 0 aliphatic carbocycles. The van der Waals surface area contributed by atoms with Crippen LogP contribution in [-0.2, 0) is 0 Å². The molecule has 0 bridgehead atoms. The van der Waals surface area contributed by atoms with E-state index < -0.39 is 0 Å². The molecule has 4 aromatic rings. The van der Waals surface area contributed by atoms with Crippen LogP contribution in [0.5, 0.6) is 0 Å². The molecule has 4 rings (SSSR count). The lowest BCUT2D eigenvalue weighted by molar-refractivity contribution is 0.617. The van der Waals surface area contributed by atoms with Crippen LogP contribution in [-0.4, -0.2) is 4.98 Å². The van der Waals surface area contributed by atoms with E-state index in [9.17, 15) is 0 Å². The molecule has 96 valence electrons. The van der Waals surface area contributed by atoms with Gasteiger partial charge in [0.25, 0.3) is 0 Å². The first kappa shape index (κ1) is 11.2. The van der Waals surface area contributed by atoms with E-state index >= 15 is 0 Å². The second kappa shape index (κ2) is 4.20. The lowest BCUT2D eigenvalue weighted by Gasteiger charge is -1.99. The molecular weight excluding hydrogens is 246 g/mol. The summed E-state index contributed by atoms with van der Waals surface area (Å²) in [6, 6.07) is 20.6. The van der Waals surface area contributed by atoms with Gasteiger partial charge in [-0.1, -0.05) is 42.5 Å². The molecule has 1 aromatic heterocycles. The maximum atomic E-state index is 5.92. The fraction of sp³-hybridized carbons (Fsp3) is 0.0556. The summed E-state index contributed by atoms with van der Waals surface area (Å²) in [5, 5.41) is 2.42. The van der Waals surface area contributed by atoms with Crippen LogP contribution in [0.25, 0.3) is 33.3 Å². The van der Waals surface area contributed by atoms with Gasteiger partial charge in [0.05, 0.1) is 0 Å². The first-order valence-corrected chi connectivity index (χ1v) is 6.66. The molecule has 0 radical (unpaired) electrons. The van der Waals surface area contributed by atoms with E-state index in [2.05, 4.69) is 35.3 Å². The number of para-hydroxylation sites is 1. The number of hydrogen-bond acceptors (Lipinski definition) is 2. The summed E-state index contributed by atoms with van der Waals surface area (Å²) in [5.41, 5.74) is 3.91. The molecule has 0 amide bonds. The van der Waals surface area contributed by atoms with E-state index in [1.54, 1.807) is 0 Å². The maximum absolute atomic E-state index is 5.92. The van der Waals surface area contributed by atoms with Gasteiger partial charge in [0.15, 0.2) is 5.58 Å². The minimum atomic E-state index is 0.681. The normalized spacial score (nSPS) is 11.2. The van der Waals surface area contributed by atoms with E-state index in [0.717, 1.165) is 22.2 Å². The van der Waals surface area contributed by atoms with Gasteiger partial charge in [-0.25, -0.2) is 4.98 Å². The van der Waals surface area contributed by atoms with Gasteiger partial charge in [-0.15, -0.1) is 0 Å².